The van der Waals surface area contributed by atoms with Gasteiger partial charge in [-0.1, -0.05) is 82.2 Å². The molecule has 2 atom stereocenters. The molecular weight excluding hydrogens is 506 g/mol. The Morgan fingerprint density at radius 2 is 1.60 bits per heavy atom. The van der Waals surface area contributed by atoms with Crippen LogP contribution in [0.3, 0.4) is 0 Å². The van der Waals surface area contributed by atoms with E-state index in [0.29, 0.717) is 6.42 Å². The second-order valence-electron chi connectivity index (χ2n) is 12.1. The van der Waals surface area contributed by atoms with E-state index in [0.717, 1.165) is 65.9 Å². The lowest BCUT2D eigenvalue weighted by Gasteiger charge is -2.31. The Bertz CT molecular complexity index is 1160. The molecule has 2 amide bonds. The number of ketones is 1. The number of ether oxygens (including phenoxy) is 1. The molecule has 2 aromatic rings. The summed E-state index contributed by atoms with van der Waals surface area (Å²) in [4.78, 5) is 40.9. The SMILES string of the molecule is Cc1cccc(-c2cc(C(=O)[C@H](C)C(=O)N3C(=O)OC(C)(C)[C@@H]3C(C)C)oc2CCCCCCCCCCO)c1. The van der Waals surface area contributed by atoms with Crippen LogP contribution in [0.15, 0.2) is 34.7 Å². The maximum absolute atomic E-state index is 13.6. The number of unbranched alkanes of at least 4 members (excludes halogenated alkanes) is 7. The number of rotatable bonds is 15. The summed E-state index contributed by atoms with van der Waals surface area (Å²) < 4.78 is 11.7. The number of hydrogen-bond acceptors (Lipinski definition) is 6. The molecule has 3 rings (SSSR count). The van der Waals surface area contributed by atoms with Crippen molar-refractivity contribution in [2.75, 3.05) is 6.61 Å². The number of carbonyl (C=O) groups excluding carboxylic acids is 3. The third-order valence-corrected chi connectivity index (χ3v) is 7.86. The van der Waals surface area contributed by atoms with E-state index in [4.69, 9.17) is 14.3 Å². The summed E-state index contributed by atoms with van der Waals surface area (Å²) in [6, 6.07) is 9.37. The van der Waals surface area contributed by atoms with Crippen LogP contribution in [-0.4, -0.2) is 46.0 Å². The van der Waals surface area contributed by atoms with Crippen LogP contribution in [-0.2, 0) is 16.0 Å². The van der Waals surface area contributed by atoms with Crippen molar-refractivity contribution in [1.82, 2.24) is 4.90 Å². The highest BCUT2D eigenvalue weighted by Gasteiger charge is 2.53. The standard InChI is InChI=1S/C33H47NO6/c1-22(2)30-33(5,6)40-32(38)34(30)31(37)24(4)29(36)28-21-26(25-17-15-16-23(3)20-25)27(39-28)18-13-11-9-7-8-10-12-14-19-35/h15-17,20-22,24,30,35H,7-14,18-19H2,1-6H3/t24-,30-/m0/s1. The van der Waals surface area contributed by atoms with E-state index in [1.165, 1.54) is 19.8 Å². The molecular formula is C33H47NO6. The number of furan rings is 1. The number of benzene rings is 1. The number of Topliss-reactive ketones (excluding diaryl/α,β-unsaturated/α-hetero) is 1. The average molecular weight is 554 g/mol. The lowest BCUT2D eigenvalue weighted by Crippen LogP contribution is -2.50. The molecule has 1 aliphatic heterocycles. The van der Waals surface area contributed by atoms with Crippen LogP contribution in [0, 0.1) is 18.8 Å². The van der Waals surface area contributed by atoms with E-state index in [-0.39, 0.29) is 18.3 Å². The molecule has 1 aliphatic rings. The highest BCUT2D eigenvalue weighted by molar-refractivity contribution is 6.12. The Kier molecular flexibility index (Phi) is 11.1. The summed E-state index contributed by atoms with van der Waals surface area (Å²) in [5, 5.41) is 8.90. The van der Waals surface area contributed by atoms with Crippen LogP contribution in [0.5, 0.6) is 0 Å². The molecule has 1 aromatic heterocycles. The van der Waals surface area contributed by atoms with Crippen LogP contribution in [0.1, 0.15) is 108 Å². The van der Waals surface area contributed by atoms with Gasteiger partial charge in [0.25, 0.3) is 0 Å². The molecule has 0 aliphatic carbocycles. The minimum atomic E-state index is -1.09. The van der Waals surface area contributed by atoms with Crippen molar-refractivity contribution in [3.05, 3.63) is 47.4 Å². The molecule has 1 saturated heterocycles. The molecule has 1 fully saturated rings. The quantitative estimate of drug-likeness (QED) is 0.139. The molecule has 1 N–H and O–H groups in total. The van der Waals surface area contributed by atoms with Crippen LogP contribution in [0.4, 0.5) is 4.79 Å². The number of imide groups is 1. The van der Waals surface area contributed by atoms with Crippen LogP contribution in [0.25, 0.3) is 11.1 Å². The first kappa shape index (κ1) is 31.6. The lowest BCUT2D eigenvalue weighted by atomic mass is 9.88. The van der Waals surface area contributed by atoms with Gasteiger partial charge in [0, 0.05) is 18.6 Å². The number of aliphatic hydroxyl groups excluding tert-OH is 1. The second kappa shape index (κ2) is 14.1. The number of cyclic esters (lactones) is 1. The monoisotopic (exact) mass is 553 g/mol. The third kappa shape index (κ3) is 7.62. The summed E-state index contributed by atoms with van der Waals surface area (Å²) in [5.41, 5.74) is 2.12. The van der Waals surface area contributed by atoms with Gasteiger partial charge < -0.3 is 14.3 Å². The van der Waals surface area contributed by atoms with Crippen molar-refractivity contribution in [3.8, 4) is 11.1 Å². The van der Waals surface area contributed by atoms with Crippen molar-refractivity contribution >= 4 is 17.8 Å². The fourth-order valence-corrected chi connectivity index (χ4v) is 5.87. The maximum atomic E-state index is 13.6. The third-order valence-electron chi connectivity index (χ3n) is 7.86. The van der Waals surface area contributed by atoms with Gasteiger partial charge in [-0.05, 0) is 58.1 Å². The summed E-state index contributed by atoms with van der Waals surface area (Å²) in [7, 11) is 0. The zero-order valence-corrected chi connectivity index (χ0v) is 25.1. The minimum absolute atomic E-state index is 0.0311. The van der Waals surface area contributed by atoms with Crippen molar-refractivity contribution in [1.29, 1.82) is 0 Å². The van der Waals surface area contributed by atoms with Crippen LogP contribution in [0.2, 0.25) is 0 Å². The fourth-order valence-electron chi connectivity index (χ4n) is 5.87. The topological polar surface area (TPSA) is 97.1 Å². The largest absolute Gasteiger partial charge is 0.457 e. The van der Waals surface area contributed by atoms with E-state index >= 15 is 0 Å². The number of hydrogen-bond donors (Lipinski definition) is 1. The fraction of sp³-hybridized carbons (Fsp3) is 0.606. The van der Waals surface area contributed by atoms with E-state index in [1.54, 1.807) is 19.9 Å². The number of nitrogens with zero attached hydrogens (tertiary/aromatic N) is 1. The van der Waals surface area contributed by atoms with Gasteiger partial charge in [0.2, 0.25) is 11.7 Å². The highest BCUT2D eigenvalue weighted by Crippen LogP contribution is 2.36. The number of aliphatic hydroxyl groups is 1. The van der Waals surface area contributed by atoms with Crippen molar-refractivity contribution < 1.29 is 28.6 Å². The Morgan fingerprint density at radius 1 is 0.975 bits per heavy atom. The van der Waals surface area contributed by atoms with Crippen LogP contribution < -0.4 is 0 Å². The predicted octanol–water partition coefficient (Wildman–Crippen LogP) is 7.51. The average Bonchev–Trinajstić information content (AvgIpc) is 3.43. The van der Waals surface area contributed by atoms with Gasteiger partial charge in [-0.25, -0.2) is 9.69 Å². The molecule has 220 valence electrons. The van der Waals surface area contributed by atoms with Gasteiger partial charge in [-0.3, -0.25) is 9.59 Å². The minimum Gasteiger partial charge on any atom is -0.457 e. The molecule has 1 aromatic carbocycles. The summed E-state index contributed by atoms with van der Waals surface area (Å²) in [6.45, 7) is 11.3. The van der Waals surface area contributed by atoms with E-state index in [1.807, 2.05) is 39.0 Å². The molecule has 2 heterocycles. The van der Waals surface area contributed by atoms with E-state index in [2.05, 4.69) is 6.07 Å². The van der Waals surface area contributed by atoms with Crippen molar-refractivity contribution in [2.45, 2.75) is 111 Å². The predicted molar refractivity (Wildman–Crippen MR) is 156 cm³/mol. The van der Waals surface area contributed by atoms with Crippen molar-refractivity contribution in [2.24, 2.45) is 11.8 Å². The number of aryl methyl sites for hydroxylation is 2. The Hall–Kier alpha value is -2.93. The van der Waals surface area contributed by atoms with Gasteiger partial charge in [-0.15, -0.1) is 0 Å². The van der Waals surface area contributed by atoms with Crippen molar-refractivity contribution in [3.63, 3.8) is 0 Å². The first-order valence-electron chi connectivity index (χ1n) is 14.9. The molecule has 0 radical (unpaired) electrons. The lowest BCUT2D eigenvalue weighted by molar-refractivity contribution is -0.132. The Labute approximate surface area is 239 Å². The van der Waals surface area contributed by atoms with Gasteiger partial charge in [-0.2, -0.15) is 0 Å². The van der Waals surface area contributed by atoms with Gasteiger partial charge in [0.1, 0.15) is 17.3 Å². The van der Waals surface area contributed by atoms with Crippen LogP contribution >= 0.6 is 0 Å². The summed E-state index contributed by atoms with van der Waals surface area (Å²) in [5.74, 6) is -1.22. The first-order chi connectivity index (χ1) is 19.0. The summed E-state index contributed by atoms with van der Waals surface area (Å²) >= 11 is 0. The van der Waals surface area contributed by atoms with Gasteiger partial charge in [0.15, 0.2) is 5.76 Å². The van der Waals surface area contributed by atoms with Gasteiger partial charge in [0.05, 0.1) is 6.04 Å². The summed E-state index contributed by atoms with van der Waals surface area (Å²) in [6.07, 6.45) is 8.60. The molecule has 0 saturated carbocycles. The zero-order chi connectivity index (χ0) is 29.4. The zero-order valence-electron chi connectivity index (χ0n) is 25.1. The number of carbonyl (C=O) groups is 3. The van der Waals surface area contributed by atoms with Gasteiger partial charge >= 0.3 is 6.09 Å². The molecule has 0 unspecified atom stereocenters. The Morgan fingerprint density at radius 3 is 2.20 bits per heavy atom. The highest BCUT2D eigenvalue weighted by atomic mass is 16.6. The Balaban J connectivity index is 1.75. The normalized spacial score (nSPS) is 17.4. The second-order valence-corrected chi connectivity index (χ2v) is 12.1. The smallest absolute Gasteiger partial charge is 0.417 e. The molecule has 0 bridgehead atoms. The van der Waals surface area contributed by atoms with E-state index in [9.17, 15) is 14.4 Å². The van der Waals surface area contributed by atoms with E-state index < -0.39 is 35.3 Å². The molecule has 0 spiro atoms. The first-order valence-corrected chi connectivity index (χ1v) is 14.9. The molecule has 40 heavy (non-hydrogen) atoms. The number of amides is 2. The molecule has 7 nitrogen and oxygen atoms in total. The molecule has 7 heteroatoms. The maximum Gasteiger partial charge on any atom is 0.417 e.